The first-order chi connectivity index (χ1) is 15.4. The molecule has 0 saturated carbocycles. The van der Waals surface area contributed by atoms with Crippen LogP contribution in [-0.4, -0.2) is 26.2 Å². The zero-order valence-electron chi connectivity index (χ0n) is 17.1. The van der Waals surface area contributed by atoms with E-state index < -0.39 is 11.7 Å². The molecule has 0 radical (unpaired) electrons. The minimum Gasteiger partial charge on any atom is -0.396 e. The van der Waals surface area contributed by atoms with Gasteiger partial charge in [0.15, 0.2) is 0 Å². The molecule has 2 heterocycles. The van der Waals surface area contributed by atoms with Gasteiger partial charge < -0.3 is 5.11 Å². The van der Waals surface area contributed by atoms with Crippen LogP contribution in [0.15, 0.2) is 60.9 Å². The number of aliphatic hydroxyl groups excluding tert-OH is 1. The minimum atomic E-state index is -4.55. The van der Waals surface area contributed by atoms with Crippen molar-refractivity contribution in [3.63, 3.8) is 0 Å². The smallest absolute Gasteiger partial charge is 0.396 e. The van der Waals surface area contributed by atoms with Gasteiger partial charge in [-0.2, -0.15) is 13.2 Å². The van der Waals surface area contributed by atoms with Crippen molar-refractivity contribution in [2.45, 2.75) is 31.9 Å². The van der Waals surface area contributed by atoms with Crippen LogP contribution in [-0.2, 0) is 25.4 Å². The molecule has 0 bridgehead atoms. The predicted molar refractivity (Wildman–Crippen MR) is 118 cm³/mol. The van der Waals surface area contributed by atoms with Crippen LogP contribution in [0.3, 0.4) is 0 Å². The zero-order valence-corrected chi connectivity index (χ0v) is 17.9. The number of pyridine rings is 1. The minimum absolute atomic E-state index is 0.0451. The third kappa shape index (κ3) is 4.79. The summed E-state index contributed by atoms with van der Waals surface area (Å²) in [5.41, 5.74) is 2.77. The maximum Gasteiger partial charge on any atom is 0.417 e. The first kappa shape index (κ1) is 22.3. The van der Waals surface area contributed by atoms with E-state index in [-0.39, 0.29) is 17.1 Å². The number of imidazole rings is 1. The number of halogens is 4. The third-order valence-electron chi connectivity index (χ3n) is 5.33. The molecule has 0 atom stereocenters. The number of aryl methyl sites for hydroxylation is 2. The number of fused-ring (bicyclic) bond motifs is 1. The zero-order chi connectivity index (χ0) is 22.7. The second kappa shape index (κ2) is 9.30. The van der Waals surface area contributed by atoms with Crippen molar-refractivity contribution >= 4 is 22.6 Å². The molecule has 1 N–H and O–H groups in total. The first-order valence-electron chi connectivity index (χ1n) is 10.2. The van der Waals surface area contributed by atoms with Crippen LogP contribution in [0.5, 0.6) is 0 Å². The molecule has 0 aliphatic carbocycles. The van der Waals surface area contributed by atoms with Crippen molar-refractivity contribution in [1.82, 2.24) is 14.5 Å². The van der Waals surface area contributed by atoms with Gasteiger partial charge in [-0.1, -0.05) is 23.7 Å². The molecule has 0 aliphatic rings. The maximum absolute atomic E-state index is 13.4. The van der Waals surface area contributed by atoms with Crippen LogP contribution >= 0.6 is 11.6 Å². The first-order valence-corrected chi connectivity index (χ1v) is 10.6. The second-order valence-corrected chi connectivity index (χ2v) is 7.94. The lowest BCUT2D eigenvalue weighted by atomic mass is 10.1. The van der Waals surface area contributed by atoms with E-state index in [1.807, 2.05) is 41.0 Å². The monoisotopic (exact) mass is 459 g/mol. The Morgan fingerprint density at radius 3 is 2.25 bits per heavy atom. The summed E-state index contributed by atoms with van der Waals surface area (Å²) in [7, 11) is 0. The molecule has 32 heavy (non-hydrogen) atoms. The van der Waals surface area contributed by atoms with Crippen molar-refractivity contribution in [2.75, 3.05) is 6.61 Å². The van der Waals surface area contributed by atoms with Gasteiger partial charge >= 0.3 is 6.18 Å². The number of nitrogens with zero attached hydrogens (tertiary/aromatic N) is 3. The van der Waals surface area contributed by atoms with Gasteiger partial charge in [0.2, 0.25) is 0 Å². The summed E-state index contributed by atoms with van der Waals surface area (Å²) in [5, 5.41) is 8.79. The van der Waals surface area contributed by atoms with Crippen LogP contribution in [0.1, 0.15) is 28.9 Å². The van der Waals surface area contributed by atoms with Gasteiger partial charge in [-0.15, -0.1) is 0 Å². The van der Waals surface area contributed by atoms with Crippen LogP contribution in [0, 0.1) is 0 Å². The average molecular weight is 460 g/mol. The van der Waals surface area contributed by atoms with E-state index in [9.17, 15) is 13.2 Å². The summed E-state index contributed by atoms with van der Waals surface area (Å²) in [6, 6.07) is 13.8. The standard InChI is InChI=1S/C24H21ClF3N3O/c25-20-15-22-21(14-19(20)24(26,27)28)30-23(3-1-2-16-8-11-29-12-9-16)31(22)18-6-4-17(5-7-18)10-13-32/h4-9,11-12,14-15,32H,1-3,10,13H2. The highest BCUT2D eigenvalue weighted by molar-refractivity contribution is 6.32. The highest BCUT2D eigenvalue weighted by Crippen LogP contribution is 2.38. The molecule has 0 aliphatic heterocycles. The van der Waals surface area contributed by atoms with Gasteiger partial charge in [0.25, 0.3) is 0 Å². The predicted octanol–water partition coefficient (Wildman–Crippen LogP) is 5.80. The number of hydrogen-bond donors (Lipinski definition) is 1. The lowest BCUT2D eigenvalue weighted by Gasteiger charge is -2.12. The normalized spacial score (nSPS) is 11.9. The molecule has 2 aromatic heterocycles. The van der Waals surface area contributed by atoms with Crippen LogP contribution < -0.4 is 0 Å². The summed E-state index contributed by atoms with van der Waals surface area (Å²) < 4.78 is 42.0. The molecule has 0 fully saturated rings. The molecule has 2 aromatic carbocycles. The summed E-state index contributed by atoms with van der Waals surface area (Å²) in [6.07, 6.45) is 1.60. The van der Waals surface area contributed by atoms with Crippen molar-refractivity contribution in [3.05, 3.63) is 88.5 Å². The highest BCUT2D eigenvalue weighted by Gasteiger charge is 2.34. The summed E-state index contributed by atoms with van der Waals surface area (Å²) in [4.78, 5) is 8.56. The van der Waals surface area contributed by atoms with E-state index >= 15 is 0 Å². The molecule has 8 heteroatoms. The van der Waals surface area contributed by atoms with E-state index in [1.165, 1.54) is 6.07 Å². The van der Waals surface area contributed by atoms with Gasteiger partial charge in [-0.05, 0) is 66.8 Å². The van der Waals surface area contributed by atoms with Gasteiger partial charge in [-0.3, -0.25) is 9.55 Å². The van der Waals surface area contributed by atoms with Crippen molar-refractivity contribution in [1.29, 1.82) is 0 Å². The van der Waals surface area contributed by atoms with Crippen LogP contribution in [0.25, 0.3) is 16.7 Å². The number of alkyl halides is 3. The fraction of sp³-hybridized carbons (Fsp3) is 0.250. The number of hydrogen-bond acceptors (Lipinski definition) is 3. The fourth-order valence-electron chi connectivity index (χ4n) is 3.76. The van der Waals surface area contributed by atoms with Gasteiger partial charge in [-0.25, -0.2) is 4.98 Å². The SMILES string of the molecule is OCCc1ccc(-n2c(CCCc3ccncc3)nc3cc(C(F)(F)F)c(Cl)cc32)cc1. The molecule has 4 nitrogen and oxygen atoms in total. The van der Waals surface area contributed by atoms with E-state index in [1.54, 1.807) is 12.4 Å². The van der Waals surface area contributed by atoms with Crippen molar-refractivity contribution in [2.24, 2.45) is 0 Å². The van der Waals surface area contributed by atoms with Gasteiger partial charge in [0.1, 0.15) is 5.82 Å². The van der Waals surface area contributed by atoms with Crippen LogP contribution in [0.2, 0.25) is 5.02 Å². The Bertz CT molecular complexity index is 1210. The molecule has 0 amide bonds. The molecule has 4 aromatic rings. The van der Waals surface area contributed by atoms with Crippen molar-refractivity contribution < 1.29 is 18.3 Å². The maximum atomic E-state index is 13.4. The van der Waals surface area contributed by atoms with E-state index in [0.717, 1.165) is 35.7 Å². The second-order valence-electron chi connectivity index (χ2n) is 7.53. The number of rotatable bonds is 7. The Kier molecular flexibility index (Phi) is 6.48. The van der Waals surface area contributed by atoms with Crippen molar-refractivity contribution in [3.8, 4) is 5.69 Å². The Morgan fingerprint density at radius 2 is 1.59 bits per heavy atom. The number of aliphatic hydroxyl groups is 1. The lowest BCUT2D eigenvalue weighted by Crippen LogP contribution is -2.06. The van der Waals surface area contributed by atoms with Gasteiger partial charge in [0, 0.05) is 31.1 Å². The molecule has 166 valence electrons. The lowest BCUT2D eigenvalue weighted by molar-refractivity contribution is -0.137. The summed E-state index contributed by atoms with van der Waals surface area (Å²) in [6.45, 7) is 0.0451. The fourth-order valence-corrected chi connectivity index (χ4v) is 4.03. The molecular formula is C24H21ClF3N3O. The van der Waals surface area contributed by atoms with E-state index in [4.69, 9.17) is 16.7 Å². The Hall–Kier alpha value is -2.90. The quantitative estimate of drug-likeness (QED) is 0.380. The Morgan fingerprint density at radius 1 is 0.906 bits per heavy atom. The molecule has 0 unspecified atom stereocenters. The molecule has 4 rings (SSSR count). The Labute approximate surface area is 188 Å². The average Bonchev–Trinajstić information content (AvgIpc) is 3.11. The Balaban J connectivity index is 1.74. The number of benzene rings is 2. The molecule has 0 spiro atoms. The highest BCUT2D eigenvalue weighted by atomic mass is 35.5. The van der Waals surface area contributed by atoms with E-state index in [0.29, 0.717) is 24.2 Å². The van der Waals surface area contributed by atoms with E-state index in [2.05, 4.69) is 9.97 Å². The van der Waals surface area contributed by atoms with Gasteiger partial charge in [0.05, 0.1) is 21.6 Å². The third-order valence-corrected chi connectivity index (χ3v) is 5.64. The molecule has 0 saturated heterocycles. The summed E-state index contributed by atoms with van der Waals surface area (Å²) >= 11 is 6.01. The van der Waals surface area contributed by atoms with Crippen LogP contribution in [0.4, 0.5) is 13.2 Å². The largest absolute Gasteiger partial charge is 0.417 e. The topological polar surface area (TPSA) is 50.9 Å². The number of aromatic nitrogens is 3. The summed E-state index contributed by atoms with van der Waals surface area (Å²) in [5.74, 6) is 0.666. The molecular weight excluding hydrogens is 439 g/mol.